The van der Waals surface area contributed by atoms with Crippen molar-refractivity contribution in [3.8, 4) is 0 Å². The maximum Gasteiger partial charge on any atom is 0.223 e. The first-order valence-electron chi connectivity index (χ1n) is 9.80. The van der Waals surface area contributed by atoms with Crippen molar-refractivity contribution in [2.45, 2.75) is 31.6 Å². The Morgan fingerprint density at radius 3 is 2.39 bits per heavy atom. The van der Waals surface area contributed by atoms with Gasteiger partial charge in [-0.05, 0) is 25.0 Å². The number of aromatic nitrogens is 1. The zero-order valence-electron chi connectivity index (χ0n) is 15.7. The molecule has 2 saturated heterocycles. The molecule has 0 atom stereocenters. The fourth-order valence-electron chi connectivity index (χ4n) is 3.97. The van der Waals surface area contributed by atoms with Crippen molar-refractivity contribution in [3.63, 3.8) is 0 Å². The van der Waals surface area contributed by atoms with Gasteiger partial charge in [0.05, 0.1) is 5.69 Å². The number of carbonyl (C=O) groups excluding carboxylic acids is 2. The molecule has 0 unspecified atom stereocenters. The monoisotopic (exact) mass is 405 g/mol. The van der Waals surface area contributed by atoms with Gasteiger partial charge >= 0.3 is 0 Å². The van der Waals surface area contributed by atoms with Crippen molar-refractivity contribution in [3.05, 3.63) is 29.7 Å². The number of nitrogens with zero attached hydrogens (tertiary/aromatic N) is 3. The maximum absolute atomic E-state index is 13.3. The summed E-state index contributed by atoms with van der Waals surface area (Å²) in [6.07, 6.45) is 2.16. The summed E-state index contributed by atoms with van der Waals surface area (Å²) in [6.45, 7) is 2.87. The first-order chi connectivity index (χ1) is 13.6. The first kappa shape index (κ1) is 19.2. The summed E-state index contributed by atoms with van der Waals surface area (Å²) in [4.78, 5) is 28.5. The molecule has 2 aromatic rings. The second-order valence-electron chi connectivity index (χ2n) is 7.36. The van der Waals surface area contributed by atoms with Gasteiger partial charge in [0.2, 0.25) is 11.8 Å². The van der Waals surface area contributed by atoms with Gasteiger partial charge in [0.15, 0.2) is 5.58 Å². The summed E-state index contributed by atoms with van der Waals surface area (Å²) in [6, 6.07) is 4.47. The molecule has 4 rings (SSSR count). The Bertz CT molecular complexity index is 857. The van der Waals surface area contributed by atoms with E-state index in [-0.39, 0.29) is 30.0 Å². The van der Waals surface area contributed by atoms with E-state index in [0.717, 1.165) is 48.5 Å². The minimum atomic E-state index is -0.339. The lowest BCUT2D eigenvalue weighted by atomic mass is 9.91. The SMILES string of the molecule is O=C(CCC(=O)N1CCC(c2noc3cc(F)ccc23)CC1)N1CCSCC1. The van der Waals surface area contributed by atoms with Gasteiger partial charge < -0.3 is 14.3 Å². The number of thioether (sulfide) groups is 1. The Labute approximate surface area is 167 Å². The molecule has 28 heavy (non-hydrogen) atoms. The van der Waals surface area contributed by atoms with Crippen LogP contribution >= 0.6 is 11.8 Å². The molecule has 0 saturated carbocycles. The lowest BCUT2D eigenvalue weighted by Crippen LogP contribution is -2.40. The number of piperidine rings is 1. The largest absolute Gasteiger partial charge is 0.356 e. The number of rotatable bonds is 4. The highest BCUT2D eigenvalue weighted by Crippen LogP contribution is 2.33. The van der Waals surface area contributed by atoms with Crippen LogP contribution in [0.1, 0.15) is 37.3 Å². The highest BCUT2D eigenvalue weighted by atomic mass is 32.2. The van der Waals surface area contributed by atoms with Crippen LogP contribution in [0.15, 0.2) is 22.7 Å². The molecule has 2 fully saturated rings. The molecule has 2 aliphatic heterocycles. The van der Waals surface area contributed by atoms with Crippen molar-refractivity contribution < 1.29 is 18.5 Å². The predicted molar refractivity (Wildman–Crippen MR) is 106 cm³/mol. The zero-order valence-corrected chi connectivity index (χ0v) is 16.5. The molecule has 2 amide bonds. The van der Waals surface area contributed by atoms with Gasteiger partial charge in [0.1, 0.15) is 5.82 Å². The highest BCUT2D eigenvalue weighted by Gasteiger charge is 2.28. The number of benzene rings is 1. The number of likely N-dealkylation sites (tertiary alicyclic amines) is 1. The van der Waals surface area contributed by atoms with Crippen LogP contribution in [-0.2, 0) is 9.59 Å². The van der Waals surface area contributed by atoms with Gasteiger partial charge in [-0.1, -0.05) is 5.16 Å². The fourth-order valence-corrected chi connectivity index (χ4v) is 4.87. The van der Waals surface area contributed by atoms with Crippen molar-refractivity contribution >= 4 is 34.5 Å². The lowest BCUT2D eigenvalue weighted by Gasteiger charge is -2.31. The quantitative estimate of drug-likeness (QED) is 0.782. The minimum Gasteiger partial charge on any atom is -0.356 e. The predicted octanol–water partition coefficient (Wildman–Crippen LogP) is 3.03. The molecule has 3 heterocycles. The first-order valence-corrected chi connectivity index (χ1v) is 11.0. The van der Waals surface area contributed by atoms with Gasteiger partial charge in [-0.25, -0.2) is 4.39 Å². The Balaban J connectivity index is 1.28. The Kier molecular flexibility index (Phi) is 5.85. The number of amides is 2. The number of carbonyl (C=O) groups is 2. The Hall–Kier alpha value is -2.09. The van der Waals surface area contributed by atoms with Crippen LogP contribution in [0, 0.1) is 5.82 Å². The van der Waals surface area contributed by atoms with E-state index in [4.69, 9.17) is 4.52 Å². The van der Waals surface area contributed by atoms with Gasteiger partial charge in [0.25, 0.3) is 0 Å². The third kappa shape index (κ3) is 4.16. The molecule has 6 nitrogen and oxygen atoms in total. The van der Waals surface area contributed by atoms with Gasteiger partial charge in [-0.3, -0.25) is 9.59 Å². The molecule has 1 aromatic carbocycles. The Morgan fingerprint density at radius 2 is 1.71 bits per heavy atom. The summed E-state index contributed by atoms with van der Waals surface area (Å²) in [5.41, 5.74) is 1.31. The average Bonchev–Trinajstić information content (AvgIpc) is 3.15. The van der Waals surface area contributed by atoms with E-state index in [2.05, 4.69) is 5.16 Å². The molecule has 8 heteroatoms. The lowest BCUT2D eigenvalue weighted by molar-refractivity contribution is -0.137. The van der Waals surface area contributed by atoms with Crippen LogP contribution < -0.4 is 0 Å². The van der Waals surface area contributed by atoms with E-state index in [1.165, 1.54) is 12.1 Å². The van der Waals surface area contributed by atoms with E-state index >= 15 is 0 Å². The van der Waals surface area contributed by atoms with Crippen molar-refractivity contribution in [1.82, 2.24) is 15.0 Å². The van der Waals surface area contributed by atoms with E-state index in [9.17, 15) is 14.0 Å². The van der Waals surface area contributed by atoms with Crippen LogP contribution in [0.5, 0.6) is 0 Å². The van der Waals surface area contributed by atoms with Crippen LogP contribution in [0.2, 0.25) is 0 Å². The standard InChI is InChI=1S/C20H24FN3O3S/c21-15-1-2-16-17(13-15)27-22-20(16)14-5-7-23(8-6-14)18(25)3-4-19(26)24-9-11-28-12-10-24/h1-2,13-14H,3-12H2. The fraction of sp³-hybridized carbons (Fsp3) is 0.550. The highest BCUT2D eigenvalue weighted by molar-refractivity contribution is 7.99. The van der Waals surface area contributed by atoms with Crippen molar-refractivity contribution in [1.29, 1.82) is 0 Å². The van der Waals surface area contributed by atoms with E-state index in [1.54, 1.807) is 6.07 Å². The third-order valence-electron chi connectivity index (χ3n) is 5.61. The average molecular weight is 405 g/mol. The summed E-state index contributed by atoms with van der Waals surface area (Å²) in [5.74, 6) is 1.96. The summed E-state index contributed by atoms with van der Waals surface area (Å²) >= 11 is 1.86. The molecule has 1 aromatic heterocycles. The second-order valence-corrected chi connectivity index (χ2v) is 8.58. The number of hydrogen-bond donors (Lipinski definition) is 0. The molecular formula is C20H24FN3O3S. The van der Waals surface area contributed by atoms with Crippen molar-refractivity contribution in [2.75, 3.05) is 37.7 Å². The topological polar surface area (TPSA) is 66.7 Å². The van der Waals surface area contributed by atoms with Crippen LogP contribution in [0.3, 0.4) is 0 Å². The smallest absolute Gasteiger partial charge is 0.223 e. The second kappa shape index (κ2) is 8.51. The summed E-state index contributed by atoms with van der Waals surface area (Å²) in [5, 5.41) is 4.99. The number of hydrogen-bond acceptors (Lipinski definition) is 5. The molecule has 0 radical (unpaired) electrons. The third-order valence-corrected chi connectivity index (χ3v) is 6.56. The minimum absolute atomic E-state index is 0.0465. The van der Waals surface area contributed by atoms with Gasteiger partial charge in [-0.15, -0.1) is 0 Å². The zero-order chi connectivity index (χ0) is 19.5. The molecule has 0 spiro atoms. The van der Waals surface area contributed by atoms with Crippen LogP contribution in [0.25, 0.3) is 11.0 Å². The Morgan fingerprint density at radius 1 is 1.07 bits per heavy atom. The molecule has 2 aliphatic rings. The summed E-state index contributed by atoms with van der Waals surface area (Å²) in [7, 11) is 0. The molecule has 0 aliphatic carbocycles. The number of fused-ring (bicyclic) bond motifs is 1. The van der Waals surface area contributed by atoms with Crippen LogP contribution in [-0.4, -0.2) is 64.5 Å². The van der Waals surface area contributed by atoms with Gasteiger partial charge in [-0.2, -0.15) is 11.8 Å². The normalized spacial score (nSPS) is 18.6. The van der Waals surface area contributed by atoms with E-state index in [0.29, 0.717) is 25.1 Å². The number of halogens is 1. The summed E-state index contributed by atoms with van der Waals surface area (Å²) < 4.78 is 18.6. The van der Waals surface area contributed by atoms with E-state index in [1.807, 2.05) is 21.6 Å². The maximum atomic E-state index is 13.3. The molecule has 0 N–H and O–H groups in total. The van der Waals surface area contributed by atoms with Gasteiger partial charge in [0, 0.05) is 67.9 Å². The van der Waals surface area contributed by atoms with Crippen molar-refractivity contribution in [2.24, 2.45) is 0 Å². The molecule has 150 valence electrons. The van der Waals surface area contributed by atoms with Crippen LogP contribution in [0.4, 0.5) is 4.39 Å². The van der Waals surface area contributed by atoms with E-state index < -0.39 is 0 Å². The molecular weight excluding hydrogens is 381 g/mol. The molecule has 0 bridgehead atoms.